The number of hydrogen-bond donors (Lipinski definition) is 2. The number of carbonyl (C=O) groups excluding carboxylic acids is 2. The van der Waals surface area contributed by atoms with Crippen LogP contribution >= 0.6 is 0 Å². The summed E-state index contributed by atoms with van der Waals surface area (Å²) in [6.45, 7) is 5.52. The van der Waals surface area contributed by atoms with E-state index >= 15 is 0 Å². The maximum atomic E-state index is 12.0. The van der Waals surface area contributed by atoms with Gasteiger partial charge in [-0.15, -0.1) is 0 Å². The van der Waals surface area contributed by atoms with Crippen molar-refractivity contribution in [2.45, 2.75) is 39.7 Å². The molecule has 8 heteroatoms. The van der Waals surface area contributed by atoms with Crippen molar-refractivity contribution in [2.24, 2.45) is 0 Å². The summed E-state index contributed by atoms with van der Waals surface area (Å²) in [5.74, 6) is 0.0386. The van der Waals surface area contributed by atoms with E-state index in [0.29, 0.717) is 24.5 Å². The van der Waals surface area contributed by atoms with Crippen molar-refractivity contribution in [3.05, 3.63) is 41.7 Å². The van der Waals surface area contributed by atoms with Crippen molar-refractivity contribution in [1.29, 1.82) is 0 Å². The maximum Gasteiger partial charge on any atom is 0.338 e. The average molecular weight is 357 g/mol. The van der Waals surface area contributed by atoms with Crippen LogP contribution in [0.1, 0.15) is 43.1 Å². The standard InChI is InChI=1S/C18H23N5O3/c1-4-26-16(25)15-8-6-5-7-14(15)10-9-12(2)21-17-19-11-20-18(23-17)22-13(3)24/h5-8,11-12H,4,9-10H2,1-3H3,(H2,19,20,21,22,23,24). The monoisotopic (exact) mass is 357 g/mol. The van der Waals surface area contributed by atoms with E-state index in [1.54, 1.807) is 13.0 Å². The minimum atomic E-state index is -0.305. The first-order valence-electron chi connectivity index (χ1n) is 8.47. The Morgan fingerprint density at radius 2 is 1.92 bits per heavy atom. The van der Waals surface area contributed by atoms with E-state index in [-0.39, 0.29) is 23.9 Å². The molecule has 1 heterocycles. The summed E-state index contributed by atoms with van der Waals surface area (Å²) >= 11 is 0. The molecule has 2 rings (SSSR count). The summed E-state index contributed by atoms with van der Waals surface area (Å²) in [6, 6.07) is 7.49. The van der Waals surface area contributed by atoms with Crippen molar-refractivity contribution in [3.8, 4) is 0 Å². The first-order chi connectivity index (χ1) is 12.5. The predicted octanol–water partition coefficient (Wildman–Crippen LogP) is 2.44. The van der Waals surface area contributed by atoms with Crippen molar-refractivity contribution in [1.82, 2.24) is 15.0 Å². The number of nitrogens with zero attached hydrogens (tertiary/aromatic N) is 3. The smallest absolute Gasteiger partial charge is 0.338 e. The summed E-state index contributed by atoms with van der Waals surface area (Å²) in [6.07, 6.45) is 2.80. The highest BCUT2D eigenvalue weighted by Gasteiger charge is 2.13. The molecule has 8 nitrogen and oxygen atoms in total. The quantitative estimate of drug-likeness (QED) is 0.699. The van der Waals surface area contributed by atoms with Crippen LogP contribution in [-0.2, 0) is 16.0 Å². The lowest BCUT2D eigenvalue weighted by atomic mass is 10.0. The topological polar surface area (TPSA) is 106 Å². The molecule has 1 aromatic heterocycles. The predicted molar refractivity (Wildman–Crippen MR) is 97.9 cm³/mol. The van der Waals surface area contributed by atoms with E-state index in [0.717, 1.165) is 12.0 Å². The number of anilines is 2. The zero-order valence-corrected chi connectivity index (χ0v) is 15.2. The number of carbonyl (C=O) groups is 2. The molecule has 138 valence electrons. The van der Waals surface area contributed by atoms with Gasteiger partial charge in [0.1, 0.15) is 6.33 Å². The molecular formula is C18H23N5O3. The van der Waals surface area contributed by atoms with Gasteiger partial charge in [-0.05, 0) is 38.3 Å². The highest BCUT2D eigenvalue weighted by atomic mass is 16.5. The molecule has 0 aliphatic rings. The third-order valence-electron chi connectivity index (χ3n) is 3.59. The number of amides is 1. The van der Waals surface area contributed by atoms with Gasteiger partial charge in [-0.25, -0.2) is 14.8 Å². The second kappa shape index (κ2) is 9.45. The highest BCUT2D eigenvalue weighted by Crippen LogP contribution is 2.15. The van der Waals surface area contributed by atoms with E-state index in [1.807, 2.05) is 25.1 Å². The van der Waals surface area contributed by atoms with E-state index < -0.39 is 0 Å². The molecular weight excluding hydrogens is 334 g/mol. The molecule has 0 spiro atoms. The normalized spacial score (nSPS) is 11.5. The Hall–Kier alpha value is -3.03. The number of nitrogens with one attached hydrogen (secondary N) is 2. The molecule has 2 aromatic rings. The third-order valence-corrected chi connectivity index (χ3v) is 3.59. The molecule has 0 radical (unpaired) electrons. The van der Waals surface area contributed by atoms with E-state index in [9.17, 15) is 9.59 Å². The lowest BCUT2D eigenvalue weighted by Crippen LogP contribution is -2.19. The van der Waals surface area contributed by atoms with Crippen LogP contribution in [0.4, 0.5) is 11.9 Å². The van der Waals surface area contributed by atoms with Gasteiger partial charge in [0, 0.05) is 13.0 Å². The minimum Gasteiger partial charge on any atom is -0.462 e. The average Bonchev–Trinajstić information content (AvgIpc) is 2.60. The Balaban J connectivity index is 1.96. The van der Waals surface area contributed by atoms with Crippen LogP contribution in [0.2, 0.25) is 0 Å². The van der Waals surface area contributed by atoms with Crippen LogP contribution in [-0.4, -0.2) is 39.5 Å². The molecule has 1 aromatic carbocycles. The van der Waals surface area contributed by atoms with Gasteiger partial charge in [-0.1, -0.05) is 18.2 Å². The number of aryl methyl sites for hydroxylation is 1. The number of esters is 1. The van der Waals surface area contributed by atoms with Crippen molar-refractivity contribution in [3.63, 3.8) is 0 Å². The Labute approximate surface area is 152 Å². The molecule has 1 amide bonds. The molecule has 1 unspecified atom stereocenters. The van der Waals surface area contributed by atoms with Crippen LogP contribution in [0.3, 0.4) is 0 Å². The molecule has 0 bridgehead atoms. The zero-order chi connectivity index (χ0) is 18.9. The van der Waals surface area contributed by atoms with Gasteiger partial charge in [0.2, 0.25) is 17.8 Å². The number of benzene rings is 1. The SMILES string of the molecule is CCOC(=O)c1ccccc1CCC(C)Nc1ncnc(NC(C)=O)n1. The molecule has 26 heavy (non-hydrogen) atoms. The second-order valence-electron chi connectivity index (χ2n) is 5.78. The first-order valence-corrected chi connectivity index (χ1v) is 8.47. The third kappa shape index (κ3) is 5.80. The fourth-order valence-corrected chi connectivity index (χ4v) is 2.39. The Kier molecular flexibility index (Phi) is 7.02. The molecule has 2 N–H and O–H groups in total. The Bertz CT molecular complexity index is 766. The maximum absolute atomic E-state index is 12.0. The van der Waals surface area contributed by atoms with Gasteiger partial charge in [0.15, 0.2) is 0 Å². The summed E-state index contributed by atoms with van der Waals surface area (Å²) < 4.78 is 5.10. The Morgan fingerprint density at radius 1 is 1.19 bits per heavy atom. The summed E-state index contributed by atoms with van der Waals surface area (Å²) in [7, 11) is 0. The number of rotatable bonds is 8. The van der Waals surface area contributed by atoms with Crippen LogP contribution in [0.15, 0.2) is 30.6 Å². The van der Waals surface area contributed by atoms with Crippen LogP contribution in [0.5, 0.6) is 0 Å². The lowest BCUT2D eigenvalue weighted by molar-refractivity contribution is -0.114. The molecule has 0 aliphatic heterocycles. The summed E-state index contributed by atoms with van der Waals surface area (Å²) in [5.41, 5.74) is 1.53. The molecule has 0 saturated carbocycles. The van der Waals surface area contributed by atoms with Gasteiger partial charge < -0.3 is 10.1 Å². The number of hydrogen-bond acceptors (Lipinski definition) is 7. The van der Waals surface area contributed by atoms with Crippen molar-refractivity contribution < 1.29 is 14.3 Å². The largest absolute Gasteiger partial charge is 0.462 e. The van der Waals surface area contributed by atoms with Crippen LogP contribution in [0, 0.1) is 0 Å². The second-order valence-corrected chi connectivity index (χ2v) is 5.78. The van der Waals surface area contributed by atoms with Crippen LogP contribution < -0.4 is 10.6 Å². The van der Waals surface area contributed by atoms with Gasteiger partial charge in [-0.2, -0.15) is 4.98 Å². The fourth-order valence-electron chi connectivity index (χ4n) is 2.39. The van der Waals surface area contributed by atoms with Crippen molar-refractivity contribution >= 4 is 23.8 Å². The molecule has 0 fully saturated rings. The zero-order valence-electron chi connectivity index (χ0n) is 15.2. The molecule has 0 aliphatic carbocycles. The Morgan fingerprint density at radius 3 is 2.65 bits per heavy atom. The minimum absolute atomic E-state index is 0.0535. The fraction of sp³-hybridized carbons (Fsp3) is 0.389. The summed E-state index contributed by atoms with van der Waals surface area (Å²) in [4.78, 5) is 35.2. The molecule has 1 atom stereocenters. The van der Waals surface area contributed by atoms with E-state index in [2.05, 4.69) is 25.6 Å². The highest BCUT2D eigenvalue weighted by molar-refractivity contribution is 5.91. The van der Waals surface area contributed by atoms with Gasteiger partial charge in [0.05, 0.1) is 12.2 Å². The first kappa shape index (κ1) is 19.3. The van der Waals surface area contributed by atoms with E-state index in [4.69, 9.17) is 4.74 Å². The number of aromatic nitrogens is 3. The molecule has 0 saturated heterocycles. The number of ether oxygens (including phenoxy) is 1. The lowest BCUT2D eigenvalue weighted by Gasteiger charge is -2.15. The van der Waals surface area contributed by atoms with Gasteiger partial charge in [0.25, 0.3) is 0 Å². The van der Waals surface area contributed by atoms with Gasteiger partial charge >= 0.3 is 5.97 Å². The van der Waals surface area contributed by atoms with Crippen molar-refractivity contribution in [2.75, 3.05) is 17.2 Å². The summed E-state index contributed by atoms with van der Waals surface area (Å²) in [5, 5.41) is 5.69. The van der Waals surface area contributed by atoms with Crippen LogP contribution in [0.25, 0.3) is 0 Å². The van der Waals surface area contributed by atoms with Gasteiger partial charge in [-0.3, -0.25) is 10.1 Å². The van der Waals surface area contributed by atoms with E-state index in [1.165, 1.54) is 13.3 Å².